The third-order valence-electron chi connectivity index (χ3n) is 8.78. The first-order valence-corrected chi connectivity index (χ1v) is 16.6. The largest absolute Gasteiger partial charge is 0.371 e. The molecule has 2 aliphatic heterocycles. The smallest absolute Gasteiger partial charge is 0.243 e. The SMILES string of the molecule is Cc1ccc(S(=O)(=O)N2C[C@@H](OCc3ccccc3)[C@@H](OCc3ccccc3)C[C@H]2[C@H]2COC3(CCCCC3)O2)cc1. The van der Waals surface area contributed by atoms with Crippen molar-refractivity contribution in [2.24, 2.45) is 0 Å². The van der Waals surface area contributed by atoms with E-state index in [0.29, 0.717) is 26.2 Å². The molecule has 0 N–H and O–H groups in total. The fourth-order valence-electron chi connectivity index (χ4n) is 6.41. The molecule has 2 heterocycles. The lowest BCUT2D eigenvalue weighted by molar-refractivity contribution is -0.197. The summed E-state index contributed by atoms with van der Waals surface area (Å²) in [5, 5.41) is 0. The van der Waals surface area contributed by atoms with Gasteiger partial charge in [-0.05, 0) is 49.4 Å². The predicted octanol–water partition coefficient (Wildman–Crippen LogP) is 6.00. The summed E-state index contributed by atoms with van der Waals surface area (Å²) < 4.78 is 56.1. The molecule has 7 nitrogen and oxygen atoms in total. The number of nitrogens with zero attached hydrogens (tertiary/aromatic N) is 1. The summed E-state index contributed by atoms with van der Waals surface area (Å²) in [6, 6.07) is 26.6. The Morgan fingerprint density at radius 1 is 0.810 bits per heavy atom. The Kier molecular flexibility index (Phi) is 9.09. The van der Waals surface area contributed by atoms with Gasteiger partial charge in [0.25, 0.3) is 0 Å². The molecule has 3 aliphatic rings. The minimum atomic E-state index is -3.85. The molecule has 6 rings (SSSR count). The maximum absolute atomic E-state index is 14.3. The lowest BCUT2D eigenvalue weighted by atomic mass is 9.93. The Bertz CT molecular complexity index is 1390. The second-order valence-corrected chi connectivity index (χ2v) is 13.7. The van der Waals surface area contributed by atoms with Crippen molar-refractivity contribution in [1.29, 1.82) is 0 Å². The average molecular weight is 592 g/mol. The summed E-state index contributed by atoms with van der Waals surface area (Å²) in [6.07, 6.45) is 4.25. The number of ether oxygens (including phenoxy) is 4. The Labute approximate surface area is 249 Å². The highest BCUT2D eigenvalue weighted by Crippen LogP contribution is 2.42. The monoisotopic (exact) mass is 591 g/mol. The van der Waals surface area contributed by atoms with Gasteiger partial charge >= 0.3 is 0 Å². The van der Waals surface area contributed by atoms with Gasteiger partial charge in [-0.15, -0.1) is 0 Å². The van der Waals surface area contributed by atoms with Crippen molar-refractivity contribution in [3.05, 3.63) is 102 Å². The minimum absolute atomic E-state index is 0.167. The van der Waals surface area contributed by atoms with Crippen LogP contribution >= 0.6 is 0 Å². The van der Waals surface area contributed by atoms with E-state index in [-0.39, 0.29) is 23.6 Å². The molecular weight excluding hydrogens is 550 g/mol. The van der Waals surface area contributed by atoms with Gasteiger partial charge in [0, 0.05) is 19.4 Å². The van der Waals surface area contributed by atoms with Gasteiger partial charge in [0.15, 0.2) is 5.79 Å². The summed E-state index contributed by atoms with van der Waals surface area (Å²) in [4.78, 5) is 0.273. The maximum atomic E-state index is 14.3. The topological polar surface area (TPSA) is 74.3 Å². The first-order valence-electron chi connectivity index (χ1n) is 15.1. The highest BCUT2D eigenvalue weighted by Gasteiger charge is 2.52. The van der Waals surface area contributed by atoms with Crippen LogP contribution in [0.2, 0.25) is 0 Å². The molecule has 2 saturated heterocycles. The molecule has 8 heteroatoms. The van der Waals surface area contributed by atoms with Crippen LogP contribution in [-0.4, -0.2) is 56.0 Å². The summed E-state index contributed by atoms with van der Waals surface area (Å²) in [6.45, 7) is 3.27. The first kappa shape index (κ1) is 29.5. The fourth-order valence-corrected chi connectivity index (χ4v) is 8.08. The number of piperidine rings is 1. The van der Waals surface area contributed by atoms with Crippen molar-refractivity contribution in [2.45, 2.75) is 93.7 Å². The summed E-state index contributed by atoms with van der Waals surface area (Å²) in [5.41, 5.74) is 3.10. The standard InChI is InChI=1S/C34H41NO6S/c1-26-15-17-29(18-16-26)42(36,37)35-22-32(39-24-28-13-7-3-8-14-28)31(38-23-27-11-5-2-6-12-27)21-30(35)33-25-40-34(41-33)19-9-4-10-20-34/h2-3,5-8,11-18,30-33H,4,9-10,19-25H2,1H3/t30-,31-,32+,33+/m0/s1. The van der Waals surface area contributed by atoms with E-state index in [0.717, 1.165) is 42.4 Å². The molecule has 1 aliphatic carbocycles. The summed E-state index contributed by atoms with van der Waals surface area (Å²) in [7, 11) is -3.85. The molecule has 3 fully saturated rings. The van der Waals surface area contributed by atoms with Crippen molar-refractivity contribution < 1.29 is 27.4 Å². The van der Waals surface area contributed by atoms with Crippen LogP contribution in [-0.2, 0) is 42.2 Å². The van der Waals surface area contributed by atoms with Gasteiger partial charge in [-0.3, -0.25) is 0 Å². The highest BCUT2D eigenvalue weighted by atomic mass is 32.2. The molecule has 0 radical (unpaired) electrons. The van der Waals surface area contributed by atoms with Crippen LogP contribution in [0.4, 0.5) is 0 Å². The Morgan fingerprint density at radius 3 is 2.02 bits per heavy atom. The molecule has 224 valence electrons. The number of aryl methyl sites for hydroxylation is 1. The average Bonchev–Trinajstić information content (AvgIpc) is 3.43. The van der Waals surface area contributed by atoms with E-state index in [2.05, 4.69) is 0 Å². The molecule has 0 bridgehead atoms. The van der Waals surface area contributed by atoms with Gasteiger partial charge in [0.05, 0.1) is 43.0 Å². The minimum Gasteiger partial charge on any atom is -0.371 e. The van der Waals surface area contributed by atoms with Crippen LogP contribution in [0.3, 0.4) is 0 Å². The third-order valence-corrected chi connectivity index (χ3v) is 10.7. The van der Waals surface area contributed by atoms with Gasteiger partial charge in [-0.1, -0.05) is 84.8 Å². The molecular formula is C34H41NO6S. The molecule has 0 aromatic heterocycles. The second-order valence-electron chi connectivity index (χ2n) is 11.8. The Hall–Kier alpha value is -2.59. The zero-order valence-electron chi connectivity index (χ0n) is 24.3. The molecule has 3 aromatic rings. The number of rotatable bonds is 9. The van der Waals surface area contributed by atoms with Gasteiger partial charge < -0.3 is 18.9 Å². The molecule has 0 unspecified atom stereocenters. The lowest BCUT2D eigenvalue weighted by Crippen LogP contribution is -2.60. The van der Waals surface area contributed by atoms with E-state index in [1.165, 1.54) is 6.42 Å². The fraction of sp³-hybridized carbons (Fsp3) is 0.471. The summed E-state index contributed by atoms with van der Waals surface area (Å²) >= 11 is 0. The molecule has 1 spiro atoms. The third kappa shape index (κ3) is 6.64. The van der Waals surface area contributed by atoms with Gasteiger partial charge in [0.1, 0.15) is 6.10 Å². The number of hydrogen-bond donors (Lipinski definition) is 0. The lowest BCUT2D eigenvalue weighted by Gasteiger charge is -2.44. The van der Waals surface area contributed by atoms with Crippen LogP contribution in [0, 0.1) is 6.92 Å². The van der Waals surface area contributed by atoms with E-state index in [9.17, 15) is 8.42 Å². The highest BCUT2D eigenvalue weighted by molar-refractivity contribution is 7.89. The van der Waals surface area contributed by atoms with Crippen molar-refractivity contribution in [3.8, 4) is 0 Å². The second kappa shape index (κ2) is 13.0. The number of hydrogen-bond acceptors (Lipinski definition) is 6. The van der Waals surface area contributed by atoms with Gasteiger partial charge in [-0.2, -0.15) is 4.31 Å². The zero-order chi connectivity index (χ0) is 29.0. The van der Waals surface area contributed by atoms with E-state index in [4.69, 9.17) is 18.9 Å². The Morgan fingerprint density at radius 2 is 1.40 bits per heavy atom. The number of benzene rings is 3. The van der Waals surface area contributed by atoms with Crippen LogP contribution in [0.5, 0.6) is 0 Å². The van der Waals surface area contributed by atoms with Crippen molar-refractivity contribution >= 4 is 10.0 Å². The van der Waals surface area contributed by atoms with E-state index in [1.54, 1.807) is 16.4 Å². The van der Waals surface area contributed by atoms with Crippen LogP contribution in [0.1, 0.15) is 55.2 Å². The number of sulfonamides is 1. The van der Waals surface area contributed by atoms with Crippen LogP contribution in [0.25, 0.3) is 0 Å². The first-order chi connectivity index (χ1) is 20.4. The molecule has 4 atom stereocenters. The molecule has 42 heavy (non-hydrogen) atoms. The van der Waals surface area contributed by atoms with E-state index < -0.39 is 28.0 Å². The van der Waals surface area contributed by atoms with Crippen LogP contribution in [0.15, 0.2) is 89.8 Å². The van der Waals surface area contributed by atoms with Crippen LogP contribution < -0.4 is 0 Å². The van der Waals surface area contributed by atoms with E-state index >= 15 is 0 Å². The molecule has 3 aromatic carbocycles. The predicted molar refractivity (Wildman–Crippen MR) is 160 cm³/mol. The Balaban J connectivity index is 1.30. The van der Waals surface area contributed by atoms with Crippen molar-refractivity contribution in [1.82, 2.24) is 4.31 Å². The van der Waals surface area contributed by atoms with Gasteiger partial charge in [0.2, 0.25) is 10.0 Å². The molecule has 1 saturated carbocycles. The van der Waals surface area contributed by atoms with E-state index in [1.807, 2.05) is 79.7 Å². The summed E-state index contributed by atoms with van der Waals surface area (Å²) in [5.74, 6) is -0.608. The van der Waals surface area contributed by atoms with Crippen molar-refractivity contribution in [2.75, 3.05) is 13.2 Å². The molecule has 0 amide bonds. The maximum Gasteiger partial charge on any atom is 0.243 e. The quantitative estimate of drug-likeness (QED) is 0.304. The normalized spacial score (nSPS) is 26.4. The van der Waals surface area contributed by atoms with Gasteiger partial charge in [-0.25, -0.2) is 8.42 Å². The zero-order valence-corrected chi connectivity index (χ0v) is 25.1. The van der Waals surface area contributed by atoms with Crippen molar-refractivity contribution in [3.63, 3.8) is 0 Å².